The molecule has 0 unspecified atom stereocenters. The molecule has 0 bridgehead atoms. The number of ether oxygens (including phenoxy) is 1. The first-order valence-electron chi connectivity index (χ1n) is 8.56. The molecular weight excluding hydrogens is 290 g/mol. The van der Waals surface area contributed by atoms with E-state index in [0.717, 1.165) is 44.7 Å². The van der Waals surface area contributed by atoms with Gasteiger partial charge in [0.1, 0.15) is 11.4 Å². The van der Waals surface area contributed by atoms with E-state index in [0.29, 0.717) is 12.3 Å². The van der Waals surface area contributed by atoms with Crippen LogP contribution in [0.4, 0.5) is 0 Å². The van der Waals surface area contributed by atoms with Gasteiger partial charge < -0.3 is 9.64 Å². The lowest BCUT2D eigenvalue weighted by Gasteiger charge is -2.31. The zero-order valence-electron chi connectivity index (χ0n) is 14.8. The highest BCUT2D eigenvalue weighted by molar-refractivity contribution is 5.69. The minimum Gasteiger partial charge on any atom is -0.460 e. The van der Waals surface area contributed by atoms with Crippen molar-refractivity contribution in [2.75, 3.05) is 19.6 Å². The fourth-order valence-electron chi connectivity index (χ4n) is 2.94. The van der Waals surface area contributed by atoms with Crippen LogP contribution in [0.25, 0.3) is 0 Å². The van der Waals surface area contributed by atoms with Gasteiger partial charge in [-0.3, -0.25) is 4.79 Å². The quantitative estimate of drug-likeness (QED) is 0.781. The standard InChI is InChI=1S/C18H29N3O2/c1-14-19-12-16(13-20-14)15-7-10-21(11-8-15)9-5-6-17(22)23-18(2,3)4/h12-13,15H,5-11H2,1-4H3. The summed E-state index contributed by atoms with van der Waals surface area (Å²) < 4.78 is 5.34. The third kappa shape index (κ3) is 6.26. The summed E-state index contributed by atoms with van der Waals surface area (Å²) in [5, 5.41) is 0. The Bertz CT molecular complexity index is 500. The number of carbonyl (C=O) groups is 1. The topological polar surface area (TPSA) is 55.3 Å². The molecule has 1 saturated heterocycles. The molecule has 0 aliphatic carbocycles. The van der Waals surface area contributed by atoms with E-state index in [4.69, 9.17) is 4.74 Å². The van der Waals surface area contributed by atoms with Gasteiger partial charge >= 0.3 is 5.97 Å². The number of hydrogen-bond donors (Lipinski definition) is 0. The van der Waals surface area contributed by atoms with Gasteiger partial charge in [-0.2, -0.15) is 0 Å². The summed E-state index contributed by atoms with van der Waals surface area (Å²) in [5.74, 6) is 1.30. The zero-order valence-corrected chi connectivity index (χ0v) is 14.8. The number of likely N-dealkylation sites (tertiary alicyclic amines) is 1. The van der Waals surface area contributed by atoms with Crippen molar-refractivity contribution in [3.8, 4) is 0 Å². The number of rotatable bonds is 5. The Hall–Kier alpha value is -1.49. The summed E-state index contributed by atoms with van der Waals surface area (Å²) in [4.78, 5) is 22.7. The molecule has 1 aromatic rings. The summed E-state index contributed by atoms with van der Waals surface area (Å²) in [6, 6.07) is 0. The molecule has 0 amide bonds. The molecule has 1 aliphatic heterocycles. The summed E-state index contributed by atoms with van der Waals surface area (Å²) in [5.41, 5.74) is 0.870. The Kier molecular flexibility index (Phi) is 6.10. The molecule has 2 rings (SSSR count). The fourth-order valence-corrected chi connectivity index (χ4v) is 2.94. The molecule has 0 saturated carbocycles. The number of nitrogens with zero attached hydrogens (tertiary/aromatic N) is 3. The number of hydrogen-bond acceptors (Lipinski definition) is 5. The summed E-state index contributed by atoms with van der Waals surface area (Å²) in [6.07, 6.45) is 7.57. The van der Waals surface area contributed by atoms with Gasteiger partial charge in [-0.1, -0.05) is 0 Å². The van der Waals surface area contributed by atoms with Crippen LogP contribution >= 0.6 is 0 Å². The van der Waals surface area contributed by atoms with Crippen molar-refractivity contribution < 1.29 is 9.53 Å². The van der Waals surface area contributed by atoms with Crippen molar-refractivity contribution in [3.05, 3.63) is 23.8 Å². The monoisotopic (exact) mass is 319 g/mol. The van der Waals surface area contributed by atoms with E-state index in [2.05, 4.69) is 14.9 Å². The highest BCUT2D eigenvalue weighted by Gasteiger charge is 2.21. The van der Waals surface area contributed by atoms with E-state index >= 15 is 0 Å². The molecular formula is C18H29N3O2. The maximum absolute atomic E-state index is 11.7. The second-order valence-electron chi connectivity index (χ2n) is 7.37. The van der Waals surface area contributed by atoms with Crippen LogP contribution in [0.1, 0.15) is 63.8 Å². The first kappa shape index (κ1) is 17.9. The van der Waals surface area contributed by atoms with Gasteiger partial charge in [-0.05, 0) is 78.1 Å². The fraction of sp³-hybridized carbons (Fsp3) is 0.722. The maximum atomic E-state index is 11.7. The van der Waals surface area contributed by atoms with Crippen molar-refractivity contribution in [2.24, 2.45) is 0 Å². The van der Waals surface area contributed by atoms with Gasteiger partial charge in [0, 0.05) is 18.8 Å². The molecule has 0 atom stereocenters. The minimum atomic E-state index is -0.383. The van der Waals surface area contributed by atoms with Crippen LogP contribution < -0.4 is 0 Å². The van der Waals surface area contributed by atoms with Crippen LogP contribution in [0.15, 0.2) is 12.4 Å². The van der Waals surface area contributed by atoms with Crippen LogP contribution in [0, 0.1) is 6.92 Å². The number of esters is 1. The number of piperidine rings is 1. The van der Waals surface area contributed by atoms with E-state index < -0.39 is 0 Å². The van der Waals surface area contributed by atoms with E-state index in [9.17, 15) is 4.79 Å². The van der Waals surface area contributed by atoms with Crippen LogP contribution in [0.5, 0.6) is 0 Å². The van der Waals surface area contributed by atoms with Gasteiger partial charge in [0.2, 0.25) is 0 Å². The predicted octanol–water partition coefficient (Wildman–Crippen LogP) is 3.09. The maximum Gasteiger partial charge on any atom is 0.306 e. The van der Waals surface area contributed by atoms with Gasteiger partial charge in [0.15, 0.2) is 0 Å². The Morgan fingerprint density at radius 2 is 1.87 bits per heavy atom. The van der Waals surface area contributed by atoms with Crippen molar-refractivity contribution in [3.63, 3.8) is 0 Å². The Morgan fingerprint density at radius 1 is 1.26 bits per heavy atom. The lowest BCUT2D eigenvalue weighted by atomic mass is 9.91. The van der Waals surface area contributed by atoms with Crippen molar-refractivity contribution in [2.45, 2.75) is 64.9 Å². The third-order valence-electron chi connectivity index (χ3n) is 4.14. The van der Waals surface area contributed by atoms with Gasteiger partial charge in [-0.15, -0.1) is 0 Å². The molecule has 1 aliphatic rings. The molecule has 5 heteroatoms. The van der Waals surface area contributed by atoms with Crippen LogP contribution in [-0.2, 0) is 9.53 Å². The van der Waals surface area contributed by atoms with Gasteiger partial charge in [0.25, 0.3) is 0 Å². The molecule has 1 aromatic heterocycles. The highest BCUT2D eigenvalue weighted by atomic mass is 16.6. The molecule has 128 valence electrons. The average molecular weight is 319 g/mol. The van der Waals surface area contributed by atoms with Crippen LogP contribution in [0.2, 0.25) is 0 Å². The molecule has 0 spiro atoms. The van der Waals surface area contributed by atoms with Crippen molar-refractivity contribution >= 4 is 5.97 Å². The smallest absolute Gasteiger partial charge is 0.306 e. The first-order valence-corrected chi connectivity index (χ1v) is 8.56. The molecule has 0 N–H and O–H groups in total. The van der Waals surface area contributed by atoms with Crippen LogP contribution in [0.3, 0.4) is 0 Å². The van der Waals surface area contributed by atoms with Gasteiger partial charge in [0.05, 0.1) is 0 Å². The largest absolute Gasteiger partial charge is 0.460 e. The molecule has 0 radical (unpaired) electrons. The molecule has 2 heterocycles. The first-order chi connectivity index (χ1) is 10.8. The second-order valence-corrected chi connectivity index (χ2v) is 7.37. The Morgan fingerprint density at radius 3 is 2.43 bits per heavy atom. The summed E-state index contributed by atoms with van der Waals surface area (Å²) in [6.45, 7) is 10.8. The van der Waals surface area contributed by atoms with Crippen molar-refractivity contribution in [1.29, 1.82) is 0 Å². The molecule has 23 heavy (non-hydrogen) atoms. The molecule has 1 fully saturated rings. The number of carbonyl (C=O) groups excluding carboxylic acids is 1. The van der Waals surface area contributed by atoms with Crippen LogP contribution in [-0.4, -0.2) is 46.1 Å². The minimum absolute atomic E-state index is 0.0933. The summed E-state index contributed by atoms with van der Waals surface area (Å²) in [7, 11) is 0. The SMILES string of the molecule is Cc1ncc(C2CCN(CCCC(=O)OC(C)(C)C)CC2)cn1. The highest BCUT2D eigenvalue weighted by Crippen LogP contribution is 2.27. The van der Waals surface area contributed by atoms with E-state index in [1.807, 2.05) is 40.1 Å². The van der Waals surface area contributed by atoms with E-state index in [1.54, 1.807) is 0 Å². The second kappa shape index (κ2) is 7.86. The lowest BCUT2D eigenvalue weighted by Crippen LogP contribution is -2.34. The average Bonchev–Trinajstić information content (AvgIpc) is 2.47. The normalized spacial score (nSPS) is 17.2. The molecule has 0 aromatic carbocycles. The summed E-state index contributed by atoms with van der Waals surface area (Å²) >= 11 is 0. The molecule has 5 nitrogen and oxygen atoms in total. The third-order valence-corrected chi connectivity index (χ3v) is 4.14. The number of aryl methyl sites for hydroxylation is 1. The predicted molar refractivity (Wildman–Crippen MR) is 90.3 cm³/mol. The van der Waals surface area contributed by atoms with E-state index in [-0.39, 0.29) is 11.6 Å². The number of aromatic nitrogens is 2. The van der Waals surface area contributed by atoms with E-state index in [1.165, 1.54) is 5.56 Å². The Labute approximate surface area is 139 Å². The van der Waals surface area contributed by atoms with Gasteiger partial charge in [-0.25, -0.2) is 9.97 Å². The lowest BCUT2D eigenvalue weighted by molar-refractivity contribution is -0.155. The zero-order chi connectivity index (χ0) is 16.9. The Balaban J connectivity index is 1.67. The van der Waals surface area contributed by atoms with Crippen molar-refractivity contribution in [1.82, 2.24) is 14.9 Å².